The maximum absolute atomic E-state index is 11.5. The van der Waals surface area contributed by atoms with Crippen LogP contribution >= 0.6 is 24.0 Å². The summed E-state index contributed by atoms with van der Waals surface area (Å²) >= 11 is 6.59. The van der Waals surface area contributed by atoms with Crippen LogP contribution in [-0.2, 0) is 9.53 Å². The number of ether oxygens (including phenoxy) is 1. The van der Waals surface area contributed by atoms with Crippen molar-refractivity contribution in [1.29, 1.82) is 0 Å². The largest absolute Gasteiger partial charge is 0.381 e. The second-order valence-corrected chi connectivity index (χ2v) is 4.34. The smallest absolute Gasteiger partial charge is 0.230 e. The lowest BCUT2D eigenvalue weighted by atomic mass is 10.4. The summed E-state index contributed by atoms with van der Waals surface area (Å²) in [7, 11) is 0. The monoisotopic (exact) mass is 219 g/mol. The molecule has 1 rings (SSSR count). The van der Waals surface area contributed by atoms with E-state index in [1.165, 1.54) is 0 Å². The molecule has 5 heteroatoms. The number of amides is 1. The Bertz CT molecular complexity index is 208. The van der Waals surface area contributed by atoms with E-state index in [4.69, 9.17) is 17.0 Å². The van der Waals surface area contributed by atoms with Gasteiger partial charge >= 0.3 is 0 Å². The van der Waals surface area contributed by atoms with Gasteiger partial charge in [0, 0.05) is 18.9 Å². The summed E-state index contributed by atoms with van der Waals surface area (Å²) in [6.07, 6.45) is 0.439. The molecule has 13 heavy (non-hydrogen) atoms. The van der Waals surface area contributed by atoms with Crippen molar-refractivity contribution in [1.82, 2.24) is 4.90 Å². The van der Waals surface area contributed by atoms with Crippen LogP contribution in [0, 0.1) is 0 Å². The maximum Gasteiger partial charge on any atom is 0.230 e. The normalized spacial score (nSPS) is 16.7. The van der Waals surface area contributed by atoms with Crippen LogP contribution in [0.1, 0.15) is 13.3 Å². The third kappa shape index (κ3) is 3.25. The van der Waals surface area contributed by atoms with Gasteiger partial charge in [-0.05, 0) is 6.92 Å². The highest BCUT2D eigenvalue weighted by atomic mass is 32.2. The zero-order valence-electron chi connectivity index (χ0n) is 7.62. The second kappa shape index (κ2) is 5.57. The Kier molecular flexibility index (Phi) is 4.69. The first-order valence-electron chi connectivity index (χ1n) is 4.30. The van der Waals surface area contributed by atoms with Gasteiger partial charge in [-0.15, -0.1) is 0 Å². The van der Waals surface area contributed by atoms with Gasteiger partial charge in [0.25, 0.3) is 0 Å². The van der Waals surface area contributed by atoms with E-state index >= 15 is 0 Å². The molecule has 0 aliphatic carbocycles. The van der Waals surface area contributed by atoms with Crippen LogP contribution in [0.4, 0.5) is 0 Å². The van der Waals surface area contributed by atoms with Crippen molar-refractivity contribution in [2.75, 3.05) is 25.5 Å². The van der Waals surface area contributed by atoms with Crippen LogP contribution in [0.5, 0.6) is 0 Å². The third-order valence-corrected chi connectivity index (χ3v) is 3.15. The van der Waals surface area contributed by atoms with Crippen molar-refractivity contribution in [3.8, 4) is 0 Å². The fraction of sp³-hybridized carbons (Fsp3) is 0.750. The predicted molar refractivity (Wildman–Crippen MR) is 57.9 cm³/mol. The number of thioether (sulfide) groups is 1. The maximum atomic E-state index is 11.5. The molecule has 1 aliphatic heterocycles. The minimum absolute atomic E-state index is 0.0865. The molecular weight excluding hydrogens is 206 g/mol. The molecule has 0 unspecified atom stereocenters. The average Bonchev–Trinajstić information content (AvgIpc) is 2.52. The lowest BCUT2D eigenvalue weighted by molar-refractivity contribution is -0.127. The molecule has 0 radical (unpaired) electrons. The molecule has 1 amide bonds. The summed E-state index contributed by atoms with van der Waals surface area (Å²) in [6.45, 7) is 3.83. The Balaban J connectivity index is 2.26. The zero-order valence-corrected chi connectivity index (χ0v) is 9.25. The summed E-state index contributed by atoms with van der Waals surface area (Å²) in [5.41, 5.74) is 0. The molecule has 1 fully saturated rings. The average molecular weight is 219 g/mol. The number of nitrogens with zero attached hydrogens (tertiary/aromatic N) is 1. The van der Waals surface area contributed by atoms with Crippen molar-refractivity contribution in [3.05, 3.63) is 0 Å². The predicted octanol–water partition coefficient (Wildman–Crippen LogP) is 1.27. The molecule has 3 nitrogen and oxygen atoms in total. The Morgan fingerprint density at radius 1 is 1.77 bits per heavy atom. The number of hydrogen-bond donors (Lipinski definition) is 0. The lowest BCUT2D eigenvalue weighted by Gasteiger charge is -2.13. The molecule has 74 valence electrons. The molecule has 1 heterocycles. The van der Waals surface area contributed by atoms with Gasteiger partial charge in [-0.25, -0.2) is 0 Å². The number of carbonyl (C=O) groups excluding carboxylic acids is 1. The van der Waals surface area contributed by atoms with E-state index in [1.807, 2.05) is 6.92 Å². The second-order valence-electron chi connectivity index (χ2n) is 2.61. The third-order valence-electron chi connectivity index (χ3n) is 1.73. The van der Waals surface area contributed by atoms with E-state index in [0.717, 1.165) is 12.3 Å². The molecule has 1 aliphatic rings. The van der Waals surface area contributed by atoms with Crippen molar-refractivity contribution in [2.24, 2.45) is 0 Å². The van der Waals surface area contributed by atoms with Gasteiger partial charge in [-0.2, -0.15) is 0 Å². The first-order valence-corrected chi connectivity index (χ1v) is 5.70. The van der Waals surface area contributed by atoms with E-state index in [2.05, 4.69) is 0 Å². The summed E-state index contributed by atoms with van der Waals surface area (Å²) in [5, 5.41) is 0. The summed E-state index contributed by atoms with van der Waals surface area (Å²) in [5.74, 6) is 1.02. The van der Waals surface area contributed by atoms with Crippen LogP contribution in [0.3, 0.4) is 0 Å². The summed E-state index contributed by atoms with van der Waals surface area (Å²) in [6, 6.07) is 0. The van der Waals surface area contributed by atoms with Crippen LogP contribution in [0.25, 0.3) is 0 Å². The van der Waals surface area contributed by atoms with Crippen LogP contribution in [0.2, 0.25) is 0 Å². The summed E-state index contributed by atoms with van der Waals surface area (Å²) < 4.78 is 5.81. The van der Waals surface area contributed by atoms with Crippen LogP contribution in [0.15, 0.2) is 0 Å². The highest BCUT2D eigenvalue weighted by Crippen LogP contribution is 2.18. The number of thiocarbonyl (C=S) groups is 1. The van der Waals surface area contributed by atoms with Gasteiger partial charge in [0.15, 0.2) is 0 Å². The Morgan fingerprint density at radius 3 is 3.08 bits per heavy atom. The zero-order chi connectivity index (χ0) is 9.68. The molecular formula is C8H13NO2S2. The lowest BCUT2D eigenvalue weighted by Crippen LogP contribution is -2.31. The molecule has 0 bridgehead atoms. The fourth-order valence-electron chi connectivity index (χ4n) is 1.06. The van der Waals surface area contributed by atoms with E-state index in [1.54, 1.807) is 16.7 Å². The van der Waals surface area contributed by atoms with E-state index < -0.39 is 0 Å². The quantitative estimate of drug-likeness (QED) is 0.526. The standard InChI is InChI=1S/C8H13NO2S2/c1-2-11-5-3-7(10)9-4-6-13-8(9)12/h2-6H2,1H3. The van der Waals surface area contributed by atoms with Crippen LogP contribution in [-0.4, -0.2) is 40.6 Å². The minimum Gasteiger partial charge on any atom is -0.381 e. The van der Waals surface area contributed by atoms with E-state index in [9.17, 15) is 4.79 Å². The van der Waals surface area contributed by atoms with Gasteiger partial charge in [0.05, 0.1) is 13.0 Å². The van der Waals surface area contributed by atoms with E-state index in [0.29, 0.717) is 24.0 Å². The van der Waals surface area contributed by atoms with Crippen molar-refractivity contribution in [2.45, 2.75) is 13.3 Å². The van der Waals surface area contributed by atoms with Crippen LogP contribution < -0.4 is 0 Å². The topological polar surface area (TPSA) is 29.5 Å². The summed E-state index contributed by atoms with van der Waals surface area (Å²) in [4.78, 5) is 13.1. The van der Waals surface area contributed by atoms with Gasteiger partial charge in [-0.3, -0.25) is 9.69 Å². The number of carbonyl (C=O) groups is 1. The Morgan fingerprint density at radius 2 is 2.54 bits per heavy atom. The fourth-order valence-corrected chi connectivity index (χ4v) is 2.30. The first-order chi connectivity index (χ1) is 6.25. The molecule has 0 N–H and O–H groups in total. The van der Waals surface area contributed by atoms with Crippen molar-refractivity contribution in [3.63, 3.8) is 0 Å². The first kappa shape index (κ1) is 10.9. The van der Waals surface area contributed by atoms with Crippen molar-refractivity contribution >= 4 is 34.2 Å². The molecule has 0 aromatic heterocycles. The number of rotatable bonds is 4. The van der Waals surface area contributed by atoms with E-state index in [-0.39, 0.29) is 5.91 Å². The molecule has 0 saturated carbocycles. The minimum atomic E-state index is 0.0865. The van der Waals surface area contributed by atoms with Crippen molar-refractivity contribution < 1.29 is 9.53 Å². The van der Waals surface area contributed by atoms with Gasteiger partial charge < -0.3 is 4.74 Å². The highest BCUT2D eigenvalue weighted by Gasteiger charge is 2.23. The molecule has 1 saturated heterocycles. The molecule has 0 spiro atoms. The van der Waals surface area contributed by atoms with Gasteiger partial charge in [-0.1, -0.05) is 24.0 Å². The molecule has 0 aromatic carbocycles. The molecule has 0 atom stereocenters. The van der Waals surface area contributed by atoms with Gasteiger partial charge in [0.2, 0.25) is 5.91 Å². The SMILES string of the molecule is CCOCCC(=O)N1CCSC1=S. The van der Waals surface area contributed by atoms with Gasteiger partial charge in [0.1, 0.15) is 4.32 Å². The highest BCUT2D eigenvalue weighted by molar-refractivity contribution is 8.23. The molecule has 0 aromatic rings. The Hall–Kier alpha value is -0.130. The number of hydrogen-bond acceptors (Lipinski definition) is 4. The Labute approximate surface area is 87.8 Å².